The van der Waals surface area contributed by atoms with Crippen LogP contribution < -0.4 is 10.2 Å². The molecule has 1 N–H and O–H groups in total. The molecule has 1 saturated heterocycles. The summed E-state index contributed by atoms with van der Waals surface area (Å²) in [5.74, 6) is 0.186. The van der Waals surface area contributed by atoms with E-state index in [0.29, 0.717) is 12.6 Å². The molecule has 2 rings (SSSR count). The minimum absolute atomic E-state index is 0.119. The minimum atomic E-state index is -0.119. The summed E-state index contributed by atoms with van der Waals surface area (Å²) in [4.78, 5) is 16.3. The van der Waals surface area contributed by atoms with E-state index in [9.17, 15) is 4.79 Å². The molecule has 1 aromatic rings. The first-order chi connectivity index (χ1) is 8.65. The van der Waals surface area contributed by atoms with Gasteiger partial charge in [-0.25, -0.2) is 0 Å². The van der Waals surface area contributed by atoms with E-state index >= 15 is 0 Å². The van der Waals surface area contributed by atoms with Crippen LogP contribution in [0.1, 0.15) is 6.92 Å². The van der Waals surface area contributed by atoms with Crippen molar-refractivity contribution in [2.24, 2.45) is 0 Å². The first kappa shape index (κ1) is 12.9. The third-order valence-corrected chi connectivity index (χ3v) is 3.46. The van der Waals surface area contributed by atoms with Crippen LogP contribution >= 0.6 is 0 Å². The van der Waals surface area contributed by atoms with E-state index in [2.05, 4.69) is 29.3 Å². The third kappa shape index (κ3) is 2.34. The van der Waals surface area contributed by atoms with Crippen molar-refractivity contribution in [3.05, 3.63) is 30.3 Å². The maximum absolute atomic E-state index is 12.3. The molecule has 1 fully saturated rings. The van der Waals surface area contributed by atoms with Gasteiger partial charge < -0.3 is 15.1 Å². The average Bonchev–Trinajstić information content (AvgIpc) is 2.37. The van der Waals surface area contributed by atoms with Gasteiger partial charge in [-0.05, 0) is 26.1 Å². The fourth-order valence-corrected chi connectivity index (χ4v) is 2.67. The lowest BCUT2D eigenvalue weighted by molar-refractivity contribution is -0.133. The number of carbonyl (C=O) groups excluding carboxylic acids is 1. The molecule has 1 aliphatic heterocycles. The molecular weight excluding hydrogens is 226 g/mol. The smallest absolute Gasteiger partial charge is 0.246 e. The molecule has 1 amide bonds. The standard InChI is InChI=1S/C14H21N3O/c1-11-10-16(3)14(18)13(9-15-2)17(11)12-7-5-4-6-8-12/h4-8,11,13,15H,9-10H2,1-3H3. The molecule has 2 unspecified atom stereocenters. The van der Waals surface area contributed by atoms with Gasteiger partial charge in [-0.1, -0.05) is 18.2 Å². The third-order valence-electron chi connectivity index (χ3n) is 3.46. The predicted octanol–water partition coefficient (Wildman–Crippen LogP) is 0.942. The van der Waals surface area contributed by atoms with Gasteiger partial charge >= 0.3 is 0 Å². The quantitative estimate of drug-likeness (QED) is 0.863. The van der Waals surface area contributed by atoms with Crippen molar-refractivity contribution in [2.45, 2.75) is 19.0 Å². The Morgan fingerprint density at radius 1 is 1.33 bits per heavy atom. The Bertz CT molecular complexity index is 407. The lowest BCUT2D eigenvalue weighted by Gasteiger charge is -2.45. The molecular formula is C14H21N3O. The number of nitrogens with zero attached hydrogens (tertiary/aromatic N) is 2. The molecule has 0 spiro atoms. The molecule has 4 nitrogen and oxygen atoms in total. The van der Waals surface area contributed by atoms with Gasteiger partial charge in [0.2, 0.25) is 5.91 Å². The van der Waals surface area contributed by atoms with Crippen molar-refractivity contribution in [1.82, 2.24) is 10.2 Å². The lowest BCUT2D eigenvalue weighted by atomic mass is 10.0. The van der Waals surface area contributed by atoms with E-state index in [1.807, 2.05) is 37.2 Å². The number of para-hydroxylation sites is 1. The summed E-state index contributed by atoms with van der Waals surface area (Å²) in [5.41, 5.74) is 1.12. The van der Waals surface area contributed by atoms with Gasteiger partial charge in [0.1, 0.15) is 6.04 Å². The van der Waals surface area contributed by atoms with Crippen molar-refractivity contribution in [1.29, 1.82) is 0 Å². The number of anilines is 1. The largest absolute Gasteiger partial charge is 0.354 e. The first-order valence-corrected chi connectivity index (χ1v) is 6.38. The Labute approximate surface area is 109 Å². The van der Waals surface area contributed by atoms with Gasteiger partial charge in [-0.3, -0.25) is 4.79 Å². The lowest BCUT2D eigenvalue weighted by Crippen LogP contribution is -2.62. The highest BCUT2D eigenvalue weighted by Crippen LogP contribution is 2.24. The molecule has 0 aromatic heterocycles. The van der Waals surface area contributed by atoms with Gasteiger partial charge in [-0.2, -0.15) is 0 Å². The van der Waals surface area contributed by atoms with E-state index in [4.69, 9.17) is 0 Å². The summed E-state index contributed by atoms with van der Waals surface area (Å²) in [6, 6.07) is 10.4. The highest BCUT2D eigenvalue weighted by atomic mass is 16.2. The number of hydrogen-bond acceptors (Lipinski definition) is 3. The molecule has 1 aromatic carbocycles. The van der Waals surface area contributed by atoms with Crippen LogP contribution in [0.4, 0.5) is 5.69 Å². The number of carbonyl (C=O) groups is 1. The second-order valence-corrected chi connectivity index (χ2v) is 4.88. The van der Waals surface area contributed by atoms with Crippen LogP contribution in [0, 0.1) is 0 Å². The van der Waals surface area contributed by atoms with Gasteiger partial charge in [-0.15, -0.1) is 0 Å². The van der Waals surface area contributed by atoms with Crippen molar-refractivity contribution in [2.75, 3.05) is 32.1 Å². The van der Waals surface area contributed by atoms with E-state index in [-0.39, 0.29) is 11.9 Å². The maximum Gasteiger partial charge on any atom is 0.246 e. The molecule has 0 aliphatic carbocycles. The van der Waals surface area contributed by atoms with E-state index in [0.717, 1.165) is 12.2 Å². The van der Waals surface area contributed by atoms with E-state index in [1.165, 1.54) is 0 Å². The summed E-state index contributed by atoms with van der Waals surface area (Å²) in [5, 5.41) is 3.12. The molecule has 1 heterocycles. The summed E-state index contributed by atoms with van der Waals surface area (Å²) >= 11 is 0. The van der Waals surface area contributed by atoms with Gasteiger partial charge in [0, 0.05) is 31.9 Å². The molecule has 0 saturated carbocycles. The van der Waals surface area contributed by atoms with Crippen molar-refractivity contribution < 1.29 is 4.79 Å². The van der Waals surface area contributed by atoms with E-state index < -0.39 is 0 Å². The maximum atomic E-state index is 12.3. The number of rotatable bonds is 3. The van der Waals surface area contributed by atoms with Crippen molar-refractivity contribution in [3.8, 4) is 0 Å². The van der Waals surface area contributed by atoms with Gasteiger partial charge in [0.15, 0.2) is 0 Å². The fraction of sp³-hybridized carbons (Fsp3) is 0.500. The topological polar surface area (TPSA) is 35.6 Å². The Morgan fingerprint density at radius 2 is 2.00 bits per heavy atom. The zero-order valence-electron chi connectivity index (χ0n) is 11.3. The molecule has 4 heteroatoms. The molecule has 0 bridgehead atoms. The highest BCUT2D eigenvalue weighted by molar-refractivity contribution is 5.87. The van der Waals surface area contributed by atoms with Crippen LogP contribution in [0.15, 0.2) is 30.3 Å². The number of nitrogens with one attached hydrogen (secondary N) is 1. The monoisotopic (exact) mass is 247 g/mol. The van der Waals surface area contributed by atoms with Crippen molar-refractivity contribution >= 4 is 11.6 Å². The second-order valence-electron chi connectivity index (χ2n) is 4.88. The number of benzene rings is 1. The molecule has 18 heavy (non-hydrogen) atoms. The van der Waals surface area contributed by atoms with Crippen molar-refractivity contribution in [3.63, 3.8) is 0 Å². The predicted molar refractivity (Wildman–Crippen MR) is 73.7 cm³/mol. The summed E-state index contributed by atoms with van der Waals surface area (Å²) < 4.78 is 0. The Hall–Kier alpha value is -1.55. The van der Waals surface area contributed by atoms with E-state index in [1.54, 1.807) is 0 Å². The van der Waals surface area contributed by atoms with Crippen LogP contribution in [0.2, 0.25) is 0 Å². The van der Waals surface area contributed by atoms with Gasteiger partial charge in [0.25, 0.3) is 0 Å². The minimum Gasteiger partial charge on any atom is -0.354 e. The molecule has 98 valence electrons. The Kier molecular flexibility index (Phi) is 3.87. The number of piperazine rings is 1. The summed E-state index contributed by atoms with van der Waals surface area (Å²) in [6.07, 6.45) is 0. The Morgan fingerprint density at radius 3 is 2.61 bits per heavy atom. The number of hydrogen-bond donors (Lipinski definition) is 1. The summed E-state index contributed by atoms with van der Waals surface area (Å²) in [7, 11) is 3.76. The number of likely N-dealkylation sites (N-methyl/N-ethyl adjacent to an activating group) is 2. The van der Waals surface area contributed by atoms with Crippen LogP contribution in [-0.2, 0) is 4.79 Å². The highest BCUT2D eigenvalue weighted by Gasteiger charge is 2.36. The van der Waals surface area contributed by atoms with Crippen LogP contribution in [-0.4, -0.2) is 50.1 Å². The molecule has 2 atom stereocenters. The normalized spacial score (nSPS) is 24.5. The second kappa shape index (κ2) is 5.40. The van der Waals surface area contributed by atoms with Gasteiger partial charge in [0.05, 0.1) is 0 Å². The first-order valence-electron chi connectivity index (χ1n) is 6.38. The Balaban J connectivity index is 2.32. The van der Waals surface area contributed by atoms with Crippen LogP contribution in [0.3, 0.4) is 0 Å². The average molecular weight is 247 g/mol. The zero-order valence-corrected chi connectivity index (χ0v) is 11.3. The van der Waals surface area contributed by atoms with Crippen LogP contribution in [0.25, 0.3) is 0 Å². The number of amides is 1. The zero-order chi connectivity index (χ0) is 13.1. The summed E-state index contributed by atoms with van der Waals surface area (Å²) in [6.45, 7) is 3.61. The molecule has 1 aliphatic rings. The van der Waals surface area contributed by atoms with Crippen LogP contribution in [0.5, 0.6) is 0 Å². The molecule has 0 radical (unpaired) electrons. The SMILES string of the molecule is CNCC1C(=O)N(C)CC(C)N1c1ccccc1. The fourth-order valence-electron chi connectivity index (χ4n) is 2.67.